The maximum atomic E-state index is 12.6. The zero-order valence-electron chi connectivity index (χ0n) is 12.4. The van der Waals surface area contributed by atoms with E-state index in [4.69, 9.17) is 5.73 Å². The van der Waals surface area contributed by atoms with Gasteiger partial charge in [-0.3, -0.25) is 4.79 Å². The van der Waals surface area contributed by atoms with Crippen molar-refractivity contribution in [2.24, 2.45) is 5.92 Å². The zero-order chi connectivity index (χ0) is 15.0. The Bertz CT molecular complexity index is 690. The Morgan fingerprint density at radius 1 is 1.43 bits per heavy atom. The van der Waals surface area contributed by atoms with Gasteiger partial charge in [-0.25, -0.2) is 0 Å². The third-order valence-corrected chi connectivity index (χ3v) is 5.13. The van der Waals surface area contributed by atoms with Gasteiger partial charge in [0.2, 0.25) is 0 Å². The summed E-state index contributed by atoms with van der Waals surface area (Å²) >= 11 is 1.58. The summed E-state index contributed by atoms with van der Waals surface area (Å²) in [6, 6.07) is 7.83. The van der Waals surface area contributed by atoms with Crippen LogP contribution >= 0.6 is 11.3 Å². The molecule has 1 unspecified atom stereocenters. The number of nitrogens with two attached hydrogens (primary N) is 1. The van der Waals surface area contributed by atoms with Crippen molar-refractivity contribution in [3.05, 3.63) is 45.8 Å². The van der Waals surface area contributed by atoms with Gasteiger partial charge in [-0.2, -0.15) is 0 Å². The predicted octanol–water partition coefficient (Wildman–Crippen LogP) is 4.02. The quantitative estimate of drug-likeness (QED) is 0.880. The number of aryl methyl sites for hydroxylation is 1. The molecule has 21 heavy (non-hydrogen) atoms. The molecule has 4 heteroatoms. The van der Waals surface area contributed by atoms with Gasteiger partial charge >= 0.3 is 0 Å². The van der Waals surface area contributed by atoms with Crippen LogP contribution in [-0.2, 0) is 12.8 Å². The molecule has 0 spiro atoms. The molecule has 3 nitrogen and oxygen atoms in total. The van der Waals surface area contributed by atoms with Crippen LogP contribution in [0.3, 0.4) is 0 Å². The fourth-order valence-corrected chi connectivity index (χ4v) is 4.22. The Kier molecular flexibility index (Phi) is 3.72. The summed E-state index contributed by atoms with van der Waals surface area (Å²) in [5.74, 6) is 0.605. The van der Waals surface area contributed by atoms with Gasteiger partial charge in [0.1, 0.15) is 0 Å². The number of nitrogen functional groups attached to an aromatic ring is 1. The van der Waals surface area contributed by atoms with Crippen LogP contribution in [0.2, 0.25) is 0 Å². The molecule has 110 valence electrons. The number of nitrogens with one attached hydrogen (secondary N) is 1. The number of hydrogen-bond donors (Lipinski definition) is 2. The van der Waals surface area contributed by atoms with E-state index in [-0.39, 0.29) is 5.91 Å². The zero-order valence-corrected chi connectivity index (χ0v) is 13.2. The van der Waals surface area contributed by atoms with Gasteiger partial charge in [-0.05, 0) is 55.4 Å². The van der Waals surface area contributed by atoms with Crippen LogP contribution in [0.25, 0.3) is 0 Å². The number of amides is 1. The average molecular weight is 300 g/mol. The number of hydrogen-bond acceptors (Lipinski definition) is 3. The molecule has 2 aromatic rings. The van der Waals surface area contributed by atoms with Crippen LogP contribution in [-0.4, -0.2) is 5.91 Å². The summed E-state index contributed by atoms with van der Waals surface area (Å²) in [4.78, 5) is 13.9. The van der Waals surface area contributed by atoms with Gasteiger partial charge in [-0.15, -0.1) is 11.3 Å². The lowest BCUT2D eigenvalue weighted by Crippen LogP contribution is -2.17. The molecule has 0 aliphatic heterocycles. The molecule has 3 N–H and O–H groups in total. The molecular weight excluding hydrogens is 280 g/mol. The maximum Gasteiger partial charge on any atom is 0.258 e. The fourth-order valence-electron chi connectivity index (χ4n) is 2.94. The molecule has 0 bridgehead atoms. The first kappa shape index (κ1) is 14.1. The highest BCUT2D eigenvalue weighted by molar-refractivity contribution is 7.16. The fraction of sp³-hybridized carbons (Fsp3) is 0.353. The summed E-state index contributed by atoms with van der Waals surface area (Å²) in [6.45, 7) is 4.27. The minimum Gasteiger partial charge on any atom is -0.390 e. The lowest BCUT2D eigenvalue weighted by Gasteiger charge is -2.18. The van der Waals surface area contributed by atoms with E-state index in [2.05, 4.69) is 12.2 Å². The second-order valence-electron chi connectivity index (χ2n) is 5.91. The van der Waals surface area contributed by atoms with Crippen molar-refractivity contribution in [3.63, 3.8) is 0 Å². The predicted molar refractivity (Wildman–Crippen MR) is 89.1 cm³/mol. The van der Waals surface area contributed by atoms with Gasteiger partial charge in [0.15, 0.2) is 0 Å². The topological polar surface area (TPSA) is 55.1 Å². The summed E-state index contributed by atoms with van der Waals surface area (Å²) in [5, 5.41) is 3.63. The SMILES string of the molecule is Cc1cccc(NC(=O)c2c(N)sc3c2CCC(C)C3)c1. The van der Waals surface area contributed by atoms with Gasteiger partial charge < -0.3 is 11.1 Å². The Morgan fingerprint density at radius 3 is 3.00 bits per heavy atom. The van der Waals surface area contributed by atoms with E-state index in [0.29, 0.717) is 16.5 Å². The summed E-state index contributed by atoms with van der Waals surface area (Å²) in [7, 11) is 0. The highest BCUT2D eigenvalue weighted by atomic mass is 32.1. The van der Waals surface area contributed by atoms with Crippen molar-refractivity contribution >= 4 is 27.9 Å². The minimum atomic E-state index is -0.0786. The van der Waals surface area contributed by atoms with Crippen molar-refractivity contribution in [2.45, 2.75) is 33.1 Å². The first-order chi connectivity index (χ1) is 10.0. The van der Waals surface area contributed by atoms with E-state index in [9.17, 15) is 4.79 Å². The van der Waals surface area contributed by atoms with Gasteiger partial charge in [0.25, 0.3) is 5.91 Å². The Morgan fingerprint density at radius 2 is 2.24 bits per heavy atom. The molecular formula is C17H20N2OS. The number of fused-ring (bicyclic) bond motifs is 1. The van der Waals surface area contributed by atoms with Gasteiger partial charge in [-0.1, -0.05) is 19.1 Å². The number of carbonyl (C=O) groups is 1. The van der Waals surface area contributed by atoms with Crippen molar-refractivity contribution < 1.29 is 4.79 Å². The van der Waals surface area contributed by atoms with Crippen LogP contribution in [0, 0.1) is 12.8 Å². The van der Waals surface area contributed by atoms with Gasteiger partial charge in [0, 0.05) is 10.6 Å². The molecule has 0 saturated carbocycles. The Hall–Kier alpha value is -1.81. The summed E-state index contributed by atoms with van der Waals surface area (Å²) in [5.41, 5.74) is 9.92. The lowest BCUT2D eigenvalue weighted by atomic mass is 9.88. The number of thiophene rings is 1. The van der Waals surface area contributed by atoms with Crippen molar-refractivity contribution in [1.29, 1.82) is 0 Å². The van der Waals surface area contributed by atoms with E-state index < -0.39 is 0 Å². The number of benzene rings is 1. The van der Waals surface area contributed by atoms with Gasteiger partial charge in [0.05, 0.1) is 10.6 Å². The standard InChI is InChI=1S/C17H20N2OS/c1-10-4-3-5-12(8-10)19-17(20)15-13-7-6-11(2)9-14(13)21-16(15)18/h3-5,8,11H,6-7,9,18H2,1-2H3,(H,19,20). The molecule has 0 saturated heterocycles. The van der Waals surface area contributed by atoms with E-state index in [1.807, 2.05) is 31.2 Å². The Balaban J connectivity index is 1.88. The normalized spacial score (nSPS) is 17.3. The second-order valence-corrected chi connectivity index (χ2v) is 7.05. The number of anilines is 2. The summed E-state index contributed by atoms with van der Waals surface area (Å²) < 4.78 is 0. The monoisotopic (exact) mass is 300 g/mol. The van der Waals surface area contributed by atoms with E-state index in [0.717, 1.165) is 30.5 Å². The van der Waals surface area contributed by atoms with Crippen LogP contribution in [0.5, 0.6) is 0 Å². The van der Waals surface area contributed by atoms with Crippen LogP contribution < -0.4 is 11.1 Å². The third-order valence-electron chi connectivity index (χ3n) is 4.04. The first-order valence-electron chi connectivity index (χ1n) is 7.32. The van der Waals surface area contributed by atoms with Crippen LogP contribution in [0.4, 0.5) is 10.7 Å². The molecule has 3 rings (SSSR count). The van der Waals surface area contributed by atoms with Crippen molar-refractivity contribution in [1.82, 2.24) is 0 Å². The van der Waals surface area contributed by atoms with Crippen molar-refractivity contribution in [2.75, 3.05) is 11.1 Å². The first-order valence-corrected chi connectivity index (χ1v) is 8.14. The van der Waals surface area contributed by atoms with E-state index in [1.165, 1.54) is 10.4 Å². The highest BCUT2D eigenvalue weighted by Crippen LogP contribution is 2.38. The molecule has 1 amide bonds. The molecule has 1 heterocycles. The smallest absolute Gasteiger partial charge is 0.258 e. The Labute approximate surface area is 129 Å². The van der Waals surface area contributed by atoms with E-state index in [1.54, 1.807) is 11.3 Å². The van der Waals surface area contributed by atoms with Crippen molar-refractivity contribution in [3.8, 4) is 0 Å². The second kappa shape index (κ2) is 5.53. The molecule has 1 aliphatic rings. The molecule has 1 atom stereocenters. The third kappa shape index (κ3) is 2.81. The highest BCUT2D eigenvalue weighted by Gasteiger charge is 2.26. The molecule has 1 aromatic carbocycles. The number of rotatable bonds is 2. The largest absolute Gasteiger partial charge is 0.390 e. The molecule has 1 aromatic heterocycles. The molecule has 0 fully saturated rings. The van der Waals surface area contributed by atoms with Crippen LogP contribution in [0.1, 0.15) is 39.7 Å². The number of carbonyl (C=O) groups excluding carboxylic acids is 1. The summed E-state index contributed by atoms with van der Waals surface area (Å²) in [6.07, 6.45) is 3.14. The average Bonchev–Trinajstić information content (AvgIpc) is 2.73. The minimum absolute atomic E-state index is 0.0786. The molecule has 1 aliphatic carbocycles. The van der Waals surface area contributed by atoms with Crippen LogP contribution in [0.15, 0.2) is 24.3 Å². The van der Waals surface area contributed by atoms with E-state index >= 15 is 0 Å². The maximum absolute atomic E-state index is 12.6. The molecule has 0 radical (unpaired) electrons. The lowest BCUT2D eigenvalue weighted by molar-refractivity contribution is 0.102.